The minimum atomic E-state index is 0.107. The average Bonchev–Trinajstić information content (AvgIpc) is 2.55. The lowest BCUT2D eigenvalue weighted by atomic mass is 10.2. The van der Waals surface area contributed by atoms with Crippen molar-refractivity contribution in [2.75, 3.05) is 50.7 Å². The third kappa shape index (κ3) is 3.99. The van der Waals surface area contributed by atoms with Gasteiger partial charge in [0.15, 0.2) is 0 Å². The lowest BCUT2D eigenvalue weighted by Gasteiger charge is -2.39. The first-order valence-electron chi connectivity index (χ1n) is 8.71. The van der Waals surface area contributed by atoms with Crippen LogP contribution in [-0.2, 0) is 9.53 Å². The van der Waals surface area contributed by atoms with Gasteiger partial charge in [-0.05, 0) is 26.0 Å². The molecule has 6 heteroatoms. The number of rotatable bonds is 3. The zero-order chi connectivity index (χ0) is 17.1. The summed E-state index contributed by atoms with van der Waals surface area (Å²) in [6, 6.07) is 7.42. The third-order valence-electron chi connectivity index (χ3n) is 4.73. The molecule has 0 radical (unpaired) electrons. The van der Waals surface area contributed by atoms with E-state index in [1.165, 1.54) is 0 Å². The third-order valence-corrected chi connectivity index (χ3v) is 4.73. The normalized spacial score (nSPS) is 25.8. The number of carbonyl (C=O) groups excluding carboxylic acids is 1. The van der Waals surface area contributed by atoms with Crippen LogP contribution in [0.15, 0.2) is 24.3 Å². The fourth-order valence-electron chi connectivity index (χ4n) is 3.55. The van der Waals surface area contributed by atoms with Gasteiger partial charge in [0.2, 0.25) is 5.91 Å². The molecule has 2 aliphatic rings. The van der Waals surface area contributed by atoms with E-state index < -0.39 is 0 Å². The van der Waals surface area contributed by atoms with Crippen LogP contribution in [0.1, 0.15) is 13.8 Å². The number of hydrogen-bond donors (Lipinski definition) is 1. The topological polar surface area (TPSA) is 56.3 Å². The van der Waals surface area contributed by atoms with E-state index in [0.29, 0.717) is 25.4 Å². The molecule has 2 heterocycles. The van der Waals surface area contributed by atoms with Gasteiger partial charge >= 0.3 is 0 Å². The smallest absolute Gasteiger partial charge is 0.236 e. The van der Waals surface area contributed by atoms with Crippen LogP contribution in [0.25, 0.3) is 0 Å². The van der Waals surface area contributed by atoms with E-state index in [1.807, 2.05) is 36.9 Å². The summed E-state index contributed by atoms with van der Waals surface area (Å²) < 4.78 is 5.69. The van der Waals surface area contributed by atoms with Crippen molar-refractivity contribution < 1.29 is 14.6 Å². The molecule has 0 unspecified atom stereocenters. The van der Waals surface area contributed by atoms with E-state index >= 15 is 0 Å². The number of nitrogens with zero attached hydrogens (tertiary/aromatic N) is 3. The van der Waals surface area contributed by atoms with E-state index in [0.717, 1.165) is 31.9 Å². The summed E-state index contributed by atoms with van der Waals surface area (Å²) in [5.74, 6) is 0.506. The predicted molar refractivity (Wildman–Crippen MR) is 93.3 cm³/mol. The van der Waals surface area contributed by atoms with Crippen molar-refractivity contribution in [1.29, 1.82) is 0 Å². The van der Waals surface area contributed by atoms with Gasteiger partial charge in [-0.15, -0.1) is 0 Å². The zero-order valence-corrected chi connectivity index (χ0v) is 14.5. The summed E-state index contributed by atoms with van der Waals surface area (Å²) in [6.07, 6.45) is 0.214. The Kier molecular flexibility index (Phi) is 5.26. The molecule has 2 saturated heterocycles. The van der Waals surface area contributed by atoms with Crippen LogP contribution in [0.2, 0.25) is 0 Å². The Hall–Kier alpha value is -1.79. The fraction of sp³-hybridized carbons (Fsp3) is 0.611. The first-order chi connectivity index (χ1) is 11.5. The maximum Gasteiger partial charge on any atom is 0.236 e. The number of morpholine rings is 1. The summed E-state index contributed by atoms with van der Waals surface area (Å²) in [4.78, 5) is 18.8. The Morgan fingerprint density at radius 2 is 1.75 bits per heavy atom. The lowest BCUT2D eigenvalue weighted by Crippen LogP contribution is -2.53. The molecule has 132 valence electrons. The molecular formula is C18H27N3O3. The first-order valence-corrected chi connectivity index (χ1v) is 8.71. The summed E-state index contributed by atoms with van der Waals surface area (Å²) in [5, 5.41) is 9.97. The van der Waals surface area contributed by atoms with E-state index in [-0.39, 0.29) is 18.1 Å². The van der Waals surface area contributed by atoms with E-state index in [4.69, 9.17) is 4.74 Å². The molecule has 2 fully saturated rings. The number of hydrogen-bond acceptors (Lipinski definition) is 5. The van der Waals surface area contributed by atoms with Crippen LogP contribution in [0.3, 0.4) is 0 Å². The summed E-state index contributed by atoms with van der Waals surface area (Å²) in [5.41, 5.74) is 0.874. The second-order valence-corrected chi connectivity index (χ2v) is 6.81. The molecule has 0 saturated carbocycles. The molecule has 1 aromatic rings. The van der Waals surface area contributed by atoms with Crippen molar-refractivity contribution >= 4 is 11.6 Å². The summed E-state index contributed by atoms with van der Waals surface area (Å²) in [7, 11) is 0. The van der Waals surface area contributed by atoms with Gasteiger partial charge in [-0.25, -0.2) is 0 Å². The number of para-hydroxylation sites is 2. The van der Waals surface area contributed by atoms with Crippen LogP contribution in [0.4, 0.5) is 5.69 Å². The predicted octanol–water partition coefficient (Wildman–Crippen LogP) is 1.15. The minimum absolute atomic E-state index is 0.107. The number of piperazine rings is 1. The van der Waals surface area contributed by atoms with Crippen LogP contribution in [-0.4, -0.2) is 78.8 Å². The summed E-state index contributed by atoms with van der Waals surface area (Å²) in [6.45, 7) is 9.16. The van der Waals surface area contributed by atoms with Crippen molar-refractivity contribution in [1.82, 2.24) is 9.80 Å². The van der Waals surface area contributed by atoms with Gasteiger partial charge in [-0.1, -0.05) is 12.1 Å². The number of ether oxygens (including phenoxy) is 1. The zero-order valence-electron chi connectivity index (χ0n) is 14.5. The van der Waals surface area contributed by atoms with Crippen LogP contribution in [0, 0.1) is 0 Å². The Morgan fingerprint density at radius 3 is 2.38 bits per heavy atom. The second-order valence-electron chi connectivity index (χ2n) is 6.81. The van der Waals surface area contributed by atoms with Crippen LogP contribution < -0.4 is 4.90 Å². The molecule has 0 aromatic heterocycles. The molecule has 24 heavy (non-hydrogen) atoms. The van der Waals surface area contributed by atoms with Crippen molar-refractivity contribution in [3.63, 3.8) is 0 Å². The molecule has 1 amide bonds. The maximum atomic E-state index is 12.5. The Balaban J connectivity index is 1.50. The highest BCUT2D eigenvalue weighted by atomic mass is 16.5. The second kappa shape index (κ2) is 7.40. The van der Waals surface area contributed by atoms with Gasteiger partial charge in [0.05, 0.1) is 24.4 Å². The van der Waals surface area contributed by atoms with Crippen LogP contribution in [0.5, 0.6) is 5.75 Å². The SMILES string of the molecule is C[C@H]1CN(C(=O)CN2CCN(c3ccccc3O)CC2)C[C@H](C)O1. The molecule has 0 bridgehead atoms. The number of aromatic hydroxyl groups is 1. The molecule has 3 rings (SSSR count). The van der Waals surface area contributed by atoms with E-state index in [1.54, 1.807) is 6.07 Å². The number of benzene rings is 1. The van der Waals surface area contributed by atoms with E-state index in [2.05, 4.69) is 9.80 Å². The van der Waals surface area contributed by atoms with Gasteiger partial charge in [0.25, 0.3) is 0 Å². The van der Waals surface area contributed by atoms with Gasteiger partial charge in [-0.3, -0.25) is 9.69 Å². The largest absolute Gasteiger partial charge is 0.506 e. The highest BCUT2D eigenvalue weighted by Gasteiger charge is 2.28. The van der Waals surface area contributed by atoms with E-state index in [9.17, 15) is 9.90 Å². The minimum Gasteiger partial charge on any atom is -0.506 e. The van der Waals surface area contributed by atoms with Gasteiger partial charge in [0, 0.05) is 39.3 Å². The number of anilines is 1. The van der Waals surface area contributed by atoms with Gasteiger partial charge in [-0.2, -0.15) is 0 Å². The lowest BCUT2D eigenvalue weighted by molar-refractivity contribution is -0.144. The van der Waals surface area contributed by atoms with Crippen molar-refractivity contribution in [3.8, 4) is 5.75 Å². The molecule has 1 aromatic carbocycles. The number of amides is 1. The molecule has 2 aliphatic heterocycles. The standard InChI is InChI=1S/C18H27N3O3/c1-14-11-21(12-15(2)24-14)18(23)13-19-7-9-20(10-8-19)16-5-3-4-6-17(16)22/h3-6,14-15,22H,7-13H2,1-2H3/t14-,15-/m0/s1. The Morgan fingerprint density at radius 1 is 1.12 bits per heavy atom. The number of phenols is 1. The molecule has 6 nitrogen and oxygen atoms in total. The van der Waals surface area contributed by atoms with Crippen molar-refractivity contribution in [3.05, 3.63) is 24.3 Å². The Bertz CT molecular complexity index is 562. The van der Waals surface area contributed by atoms with Crippen molar-refractivity contribution in [2.45, 2.75) is 26.1 Å². The van der Waals surface area contributed by atoms with Gasteiger partial charge < -0.3 is 19.6 Å². The fourth-order valence-corrected chi connectivity index (χ4v) is 3.55. The maximum absolute atomic E-state index is 12.5. The van der Waals surface area contributed by atoms with Crippen molar-refractivity contribution in [2.24, 2.45) is 0 Å². The average molecular weight is 333 g/mol. The molecule has 1 N–H and O–H groups in total. The molecule has 0 spiro atoms. The monoisotopic (exact) mass is 333 g/mol. The highest BCUT2D eigenvalue weighted by molar-refractivity contribution is 5.78. The molecule has 2 atom stereocenters. The quantitative estimate of drug-likeness (QED) is 0.899. The highest BCUT2D eigenvalue weighted by Crippen LogP contribution is 2.27. The van der Waals surface area contributed by atoms with Crippen LogP contribution >= 0.6 is 0 Å². The molecule has 0 aliphatic carbocycles. The number of phenolic OH excluding ortho intramolecular Hbond substituents is 1. The first kappa shape index (κ1) is 17.0. The Labute approximate surface area is 143 Å². The summed E-state index contributed by atoms with van der Waals surface area (Å²) >= 11 is 0. The number of carbonyl (C=O) groups is 1. The molecular weight excluding hydrogens is 306 g/mol. The van der Waals surface area contributed by atoms with Gasteiger partial charge in [0.1, 0.15) is 5.75 Å².